The molecule has 1 aromatic heterocycles. The van der Waals surface area contributed by atoms with Crippen LogP contribution in [0, 0.1) is 0 Å². The van der Waals surface area contributed by atoms with Gasteiger partial charge >= 0.3 is 0 Å². The van der Waals surface area contributed by atoms with Crippen molar-refractivity contribution in [1.29, 1.82) is 0 Å². The zero-order valence-electron chi connectivity index (χ0n) is 10.6. The van der Waals surface area contributed by atoms with E-state index in [1.165, 1.54) is 16.2 Å². The van der Waals surface area contributed by atoms with Crippen LogP contribution in [0.25, 0.3) is 0 Å². The van der Waals surface area contributed by atoms with E-state index in [1.807, 2.05) is 6.92 Å². The largest absolute Gasteiger partial charge is 0.385 e. The number of anilines is 1. The topological polar surface area (TPSA) is 81.4 Å². The quantitative estimate of drug-likeness (QED) is 0.815. The molecule has 1 aliphatic rings. The summed E-state index contributed by atoms with van der Waals surface area (Å²) in [4.78, 5) is 22.7. The molecule has 0 radical (unpaired) electrons. The second-order valence-electron chi connectivity index (χ2n) is 3.77. The number of nitrogens with two attached hydrogens (primary N) is 1. The average Bonchev–Trinajstić information content (AvgIpc) is 2.89. The second-order valence-corrected chi connectivity index (χ2v) is 4.87. The molecular formula is C12H18N2O3S. The lowest BCUT2D eigenvalue weighted by molar-refractivity contribution is -0.105. The first-order valence-electron chi connectivity index (χ1n) is 5.79. The third-order valence-corrected chi connectivity index (χ3v) is 3.87. The van der Waals surface area contributed by atoms with Gasteiger partial charge in [-0.25, -0.2) is 0 Å². The van der Waals surface area contributed by atoms with Crippen LogP contribution in [0.15, 0.2) is 0 Å². The number of nitrogens with one attached hydrogen (secondary N) is 1. The van der Waals surface area contributed by atoms with Crippen LogP contribution in [0.5, 0.6) is 0 Å². The predicted octanol–water partition coefficient (Wildman–Crippen LogP) is 1.56. The van der Waals surface area contributed by atoms with Crippen molar-refractivity contribution < 1.29 is 14.3 Å². The van der Waals surface area contributed by atoms with Crippen LogP contribution in [0.3, 0.4) is 0 Å². The summed E-state index contributed by atoms with van der Waals surface area (Å²) in [5, 5.41) is 3.12. The van der Waals surface area contributed by atoms with Gasteiger partial charge in [0, 0.05) is 18.6 Å². The minimum atomic E-state index is -0.450. The summed E-state index contributed by atoms with van der Waals surface area (Å²) in [6, 6.07) is 0. The van der Waals surface area contributed by atoms with E-state index in [9.17, 15) is 9.59 Å². The number of hydrogen-bond donors (Lipinski definition) is 2. The van der Waals surface area contributed by atoms with Crippen molar-refractivity contribution >= 4 is 28.7 Å². The molecule has 1 aliphatic carbocycles. The Morgan fingerprint density at radius 1 is 1.56 bits per heavy atom. The first kappa shape index (κ1) is 14.7. The number of methoxy groups -OCH3 is 1. The summed E-state index contributed by atoms with van der Waals surface area (Å²) in [7, 11) is 1.68. The molecule has 0 bridgehead atoms. The molecule has 0 atom stereocenters. The Labute approximate surface area is 110 Å². The standard InChI is InChI=1S/C9H10N2O2S.C3H8O/c10-8(13)7-5-2-1-3-6(5)14-9(7)11-4-12;1-3-4-2/h4H,1-3H2,(H2,10,13)(H,11,12);3H2,1-2H3. The molecule has 6 heteroatoms. The van der Waals surface area contributed by atoms with Gasteiger partial charge in [0.2, 0.25) is 6.41 Å². The molecule has 5 nitrogen and oxygen atoms in total. The summed E-state index contributed by atoms with van der Waals surface area (Å²) in [5.41, 5.74) is 6.82. The van der Waals surface area contributed by atoms with Gasteiger partial charge in [0.05, 0.1) is 5.56 Å². The number of carbonyl (C=O) groups is 2. The molecule has 0 aromatic carbocycles. The highest BCUT2D eigenvalue weighted by atomic mass is 32.1. The van der Waals surface area contributed by atoms with E-state index in [-0.39, 0.29) is 0 Å². The zero-order chi connectivity index (χ0) is 13.5. The summed E-state index contributed by atoms with van der Waals surface area (Å²) >= 11 is 1.46. The van der Waals surface area contributed by atoms with Crippen LogP contribution >= 0.6 is 11.3 Å². The van der Waals surface area contributed by atoms with Gasteiger partial charge in [-0.15, -0.1) is 11.3 Å². The molecule has 0 saturated heterocycles. The molecule has 1 heterocycles. The van der Waals surface area contributed by atoms with E-state index in [0.717, 1.165) is 31.4 Å². The van der Waals surface area contributed by atoms with Crippen molar-refractivity contribution in [2.24, 2.45) is 5.73 Å². The monoisotopic (exact) mass is 270 g/mol. The number of primary amides is 1. The summed E-state index contributed by atoms with van der Waals surface area (Å²) in [6.07, 6.45) is 3.53. The summed E-state index contributed by atoms with van der Waals surface area (Å²) in [6.45, 7) is 2.78. The Morgan fingerprint density at radius 3 is 2.72 bits per heavy atom. The number of fused-ring (bicyclic) bond motifs is 1. The maximum absolute atomic E-state index is 11.2. The van der Waals surface area contributed by atoms with Gasteiger partial charge in [0.25, 0.3) is 5.91 Å². The van der Waals surface area contributed by atoms with E-state index in [1.54, 1.807) is 7.11 Å². The smallest absolute Gasteiger partial charge is 0.251 e. The van der Waals surface area contributed by atoms with Crippen LogP contribution in [-0.4, -0.2) is 26.0 Å². The molecule has 2 rings (SSSR count). The van der Waals surface area contributed by atoms with Gasteiger partial charge in [-0.05, 0) is 31.7 Å². The Balaban J connectivity index is 0.000000357. The maximum atomic E-state index is 11.2. The van der Waals surface area contributed by atoms with Crippen LogP contribution in [-0.2, 0) is 22.4 Å². The molecule has 0 fully saturated rings. The van der Waals surface area contributed by atoms with Gasteiger partial charge in [0.1, 0.15) is 5.00 Å². The molecule has 2 amide bonds. The Kier molecular flexibility index (Phi) is 5.80. The van der Waals surface area contributed by atoms with Crippen LogP contribution in [0.2, 0.25) is 0 Å². The summed E-state index contributed by atoms with van der Waals surface area (Å²) < 4.78 is 4.54. The molecule has 0 saturated carbocycles. The fourth-order valence-electron chi connectivity index (χ4n) is 1.82. The second kappa shape index (κ2) is 7.13. The minimum Gasteiger partial charge on any atom is -0.385 e. The zero-order valence-corrected chi connectivity index (χ0v) is 11.4. The van der Waals surface area contributed by atoms with Crippen molar-refractivity contribution in [3.8, 4) is 0 Å². The number of amides is 2. The van der Waals surface area contributed by atoms with E-state index in [4.69, 9.17) is 5.73 Å². The maximum Gasteiger partial charge on any atom is 0.251 e. The number of aryl methyl sites for hydroxylation is 1. The van der Waals surface area contributed by atoms with Crippen molar-refractivity contribution in [1.82, 2.24) is 0 Å². The molecule has 18 heavy (non-hydrogen) atoms. The van der Waals surface area contributed by atoms with E-state index < -0.39 is 5.91 Å². The van der Waals surface area contributed by atoms with Gasteiger partial charge in [-0.1, -0.05) is 0 Å². The van der Waals surface area contributed by atoms with Crippen molar-refractivity contribution in [3.05, 3.63) is 16.0 Å². The SMILES string of the molecule is CCOC.NC(=O)c1c(NC=O)sc2c1CCC2. The molecule has 0 spiro atoms. The number of thiophene rings is 1. The van der Waals surface area contributed by atoms with E-state index >= 15 is 0 Å². The van der Waals surface area contributed by atoms with Gasteiger partial charge in [-0.3, -0.25) is 9.59 Å². The van der Waals surface area contributed by atoms with Crippen molar-refractivity contribution in [3.63, 3.8) is 0 Å². The highest BCUT2D eigenvalue weighted by molar-refractivity contribution is 7.17. The molecule has 1 aromatic rings. The molecule has 0 aliphatic heterocycles. The molecular weight excluding hydrogens is 252 g/mol. The minimum absolute atomic E-state index is 0.450. The lowest BCUT2D eigenvalue weighted by atomic mass is 10.1. The van der Waals surface area contributed by atoms with Gasteiger partial charge < -0.3 is 15.8 Å². The highest BCUT2D eigenvalue weighted by Gasteiger charge is 2.24. The Hall–Kier alpha value is -1.40. The Bertz CT molecular complexity index is 427. The number of carbonyl (C=O) groups excluding carboxylic acids is 2. The van der Waals surface area contributed by atoms with E-state index in [2.05, 4.69) is 10.1 Å². The lowest BCUT2D eigenvalue weighted by Gasteiger charge is -1.99. The van der Waals surface area contributed by atoms with Gasteiger partial charge in [-0.2, -0.15) is 0 Å². The first-order valence-corrected chi connectivity index (χ1v) is 6.60. The van der Waals surface area contributed by atoms with Crippen LogP contribution in [0.1, 0.15) is 34.1 Å². The fourth-order valence-corrected chi connectivity index (χ4v) is 3.07. The highest BCUT2D eigenvalue weighted by Crippen LogP contribution is 2.38. The van der Waals surface area contributed by atoms with E-state index in [0.29, 0.717) is 17.0 Å². The van der Waals surface area contributed by atoms with Gasteiger partial charge in [0.15, 0.2) is 0 Å². The third-order valence-electron chi connectivity index (χ3n) is 2.65. The Morgan fingerprint density at radius 2 is 2.22 bits per heavy atom. The van der Waals surface area contributed by atoms with Crippen LogP contribution in [0.4, 0.5) is 5.00 Å². The molecule has 3 N–H and O–H groups in total. The number of hydrogen-bond acceptors (Lipinski definition) is 4. The predicted molar refractivity (Wildman–Crippen MR) is 72.1 cm³/mol. The van der Waals surface area contributed by atoms with Crippen molar-refractivity contribution in [2.45, 2.75) is 26.2 Å². The normalized spacial score (nSPS) is 12.3. The fraction of sp³-hybridized carbons (Fsp3) is 0.500. The number of ether oxygens (including phenoxy) is 1. The average molecular weight is 270 g/mol. The third kappa shape index (κ3) is 3.30. The first-order chi connectivity index (χ1) is 8.65. The van der Waals surface area contributed by atoms with Crippen molar-refractivity contribution in [2.75, 3.05) is 19.0 Å². The van der Waals surface area contributed by atoms with Crippen LogP contribution < -0.4 is 11.1 Å². The number of rotatable bonds is 4. The molecule has 100 valence electrons. The molecule has 0 unspecified atom stereocenters. The lowest BCUT2D eigenvalue weighted by Crippen LogP contribution is -2.14. The summed E-state index contributed by atoms with van der Waals surface area (Å²) in [5.74, 6) is -0.450.